The number of aromatic nitrogens is 4. The molecule has 0 bridgehead atoms. The van der Waals surface area contributed by atoms with Crippen molar-refractivity contribution in [3.8, 4) is 0 Å². The molecule has 0 aliphatic carbocycles. The van der Waals surface area contributed by atoms with E-state index in [2.05, 4.69) is 20.2 Å². The molecule has 0 saturated carbocycles. The molecule has 0 unspecified atom stereocenters. The van der Waals surface area contributed by atoms with Gasteiger partial charge in [0.25, 0.3) is 0 Å². The number of anilines is 1. The lowest BCUT2D eigenvalue weighted by molar-refractivity contribution is 0.637. The Hall–Kier alpha value is -1.67. The van der Waals surface area contributed by atoms with Gasteiger partial charge in [-0.3, -0.25) is 0 Å². The number of nitrogen functional groups attached to an aromatic ring is 1. The van der Waals surface area contributed by atoms with Crippen molar-refractivity contribution in [3.05, 3.63) is 29.8 Å². The molecule has 8 heteroatoms. The van der Waals surface area contributed by atoms with Crippen LogP contribution in [0.15, 0.2) is 22.5 Å². The molecule has 18 heavy (non-hydrogen) atoms. The second kappa shape index (κ2) is 4.54. The lowest BCUT2D eigenvalue weighted by Gasteiger charge is -1.91. The van der Waals surface area contributed by atoms with Crippen molar-refractivity contribution in [2.75, 3.05) is 5.73 Å². The van der Waals surface area contributed by atoms with E-state index in [0.717, 1.165) is 4.34 Å². The van der Waals surface area contributed by atoms with Gasteiger partial charge in [-0.15, -0.1) is 10.2 Å². The van der Waals surface area contributed by atoms with Gasteiger partial charge < -0.3 is 10.7 Å². The van der Waals surface area contributed by atoms with Crippen LogP contribution in [0.4, 0.5) is 9.52 Å². The number of hydrogen-bond donors (Lipinski definition) is 2. The van der Waals surface area contributed by atoms with Crippen molar-refractivity contribution in [2.45, 2.75) is 10.1 Å². The van der Waals surface area contributed by atoms with Gasteiger partial charge in [0.15, 0.2) is 10.2 Å². The van der Waals surface area contributed by atoms with Gasteiger partial charge >= 0.3 is 0 Å². The normalized spacial score (nSPS) is 11.2. The van der Waals surface area contributed by atoms with Crippen LogP contribution >= 0.6 is 23.1 Å². The molecule has 0 spiro atoms. The number of halogens is 1. The first-order valence-electron chi connectivity index (χ1n) is 5.07. The molecule has 3 aromatic rings. The third-order valence-corrected chi connectivity index (χ3v) is 4.16. The van der Waals surface area contributed by atoms with Gasteiger partial charge in [-0.2, -0.15) is 0 Å². The standard InChI is InChI=1S/C10H8FN5S2/c11-5-2-1-3-6-8(5)14-7(13-6)4-17-10-16-15-9(12)18-10/h1-3H,4H2,(H2,12,15)(H,13,14). The zero-order valence-corrected chi connectivity index (χ0v) is 10.7. The second-order valence-electron chi connectivity index (χ2n) is 3.51. The summed E-state index contributed by atoms with van der Waals surface area (Å²) in [7, 11) is 0. The summed E-state index contributed by atoms with van der Waals surface area (Å²) in [5.74, 6) is 0.956. The Morgan fingerprint density at radius 3 is 3.00 bits per heavy atom. The third kappa shape index (κ3) is 2.16. The molecule has 3 N–H and O–H groups in total. The van der Waals surface area contributed by atoms with E-state index in [4.69, 9.17) is 5.73 Å². The van der Waals surface area contributed by atoms with Crippen molar-refractivity contribution in [1.29, 1.82) is 0 Å². The number of benzene rings is 1. The van der Waals surface area contributed by atoms with Gasteiger partial charge in [-0.05, 0) is 12.1 Å². The lowest BCUT2D eigenvalue weighted by Crippen LogP contribution is -1.83. The number of imidazole rings is 1. The molecule has 3 rings (SSSR count). The maximum Gasteiger partial charge on any atom is 0.203 e. The minimum atomic E-state index is -0.319. The lowest BCUT2D eigenvalue weighted by atomic mass is 10.3. The molecule has 0 atom stereocenters. The van der Waals surface area contributed by atoms with Crippen LogP contribution in [0.2, 0.25) is 0 Å². The van der Waals surface area contributed by atoms with E-state index in [1.807, 2.05) is 0 Å². The maximum atomic E-state index is 13.4. The monoisotopic (exact) mass is 281 g/mol. The molecule has 0 radical (unpaired) electrons. The van der Waals surface area contributed by atoms with Gasteiger partial charge in [0.2, 0.25) is 5.13 Å². The number of thioether (sulfide) groups is 1. The van der Waals surface area contributed by atoms with E-state index in [-0.39, 0.29) is 5.82 Å². The number of nitrogens with two attached hydrogens (primary N) is 1. The Kier molecular flexibility index (Phi) is 2.88. The van der Waals surface area contributed by atoms with Crippen molar-refractivity contribution in [1.82, 2.24) is 20.2 Å². The zero-order valence-electron chi connectivity index (χ0n) is 9.05. The number of nitrogens with one attached hydrogen (secondary N) is 1. The molecule has 0 aliphatic heterocycles. The maximum absolute atomic E-state index is 13.4. The van der Waals surface area contributed by atoms with Crippen molar-refractivity contribution >= 4 is 39.3 Å². The van der Waals surface area contributed by atoms with Crippen molar-refractivity contribution in [2.24, 2.45) is 0 Å². The van der Waals surface area contributed by atoms with Gasteiger partial charge in [-0.25, -0.2) is 9.37 Å². The van der Waals surface area contributed by atoms with E-state index >= 15 is 0 Å². The largest absolute Gasteiger partial charge is 0.374 e. The molecule has 2 aromatic heterocycles. The predicted octanol–water partition coefficient (Wildman–Crippen LogP) is 2.43. The Bertz CT molecular complexity index is 692. The van der Waals surface area contributed by atoms with Crippen LogP contribution in [0.25, 0.3) is 11.0 Å². The van der Waals surface area contributed by atoms with Crippen LogP contribution < -0.4 is 5.73 Å². The van der Waals surface area contributed by atoms with Crippen LogP contribution in [0.3, 0.4) is 0 Å². The first-order chi connectivity index (χ1) is 8.72. The Labute approximate surface area is 110 Å². The van der Waals surface area contributed by atoms with Gasteiger partial charge in [-0.1, -0.05) is 29.2 Å². The quantitative estimate of drug-likeness (QED) is 0.721. The average molecular weight is 281 g/mol. The first kappa shape index (κ1) is 11.4. The first-order valence-corrected chi connectivity index (χ1v) is 6.87. The number of fused-ring (bicyclic) bond motifs is 1. The van der Waals surface area contributed by atoms with Gasteiger partial charge in [0.05, 0.1) is 11.3 Å². The molecule has 1 aromatic carbocycles. The number of aromatic amines is 1. The van der Waals surface area contributed by atoms with Crippen molar-refractivity contribution < 1.29 is 4.39 Å². The van der Waals surface area contributed by atoms with E-state index < -0.39 is 0 Å². The second-order valence-corrected chi connectivity index (χ2v) is 5.75. The molecule has 0 saturated heterocycles. The SMILES string of the molecule is Nc1nnc(SCc2nc3c(F)cccc3[nH]2)s1. The average Bonchev–Trinajstić information content (AvgIpc) is 2.93. The summed E-state index contributed by atoms with van der Waals surface area (Å²) in [5.41, 5.74) is 6.55. The van der Waals surface area contributed by atoms with Gasteiger partial charge in [0, 0.05) is 0 Å². The molecule has 2 heterocycles. The highest BCUT2D eigenvalue weighted by atomic mass is 32.2. The fourth-order valence-electron chi connectivity index (χ4n) is 1.53. The topological polar surface area (TPSA) is 80.5 Å². The highest BCUT2D eigenvalue weighted by Gasteiger charge is 2.08. The third-order valence-electron chi connectivity index (χ3n) is 2.27. The molecule has 92 valence electrons. The fourth-order valence-corrected chi connectivity index (χ4v) is 3.03. The summed E-state index contributed by atoms with van der Waals surface area (Å²) < 4.78 is 14.2. The summed E-state index contributed by atoms with van der Waals surface area (Å²) in [6, 6.07) is 4.84. The highest BCUT2D eigenvalue weighted by Crippen LogP contribution is 2.27. The van der Waals surface area contributed by atoms with E-state index in [1.54, 1.807) is 12.1 Å². The smallest absolute Gasteiger partial charge is 0.203 e. The number of hydrogen-bond acceptors (Lipinski definition) is 6. The molecule has 5 nitrogen and oxygen atoms in total. The molecular weight excluding hydrogens is 273 g/mol. The Morgan fingerprint density at radius 1 is 1.39 bits per heavy atom. The minimum Gasteiger partial charge on any atom is -0.374 e. The van der Waals surface area contributed by atoms with E-state index in [0.29, 0.717) is 27.7 Å². The van der Waals surface area contributed by atoms with Crippen LogP contribution in [0.1, 0.15) is 5.82 Å². The number of nitrogens with zero attached hydrogens (tertiary/aromatic N) is 3. The fraction of sp³-hybridized carbons (Fsp3) is 0.100. The van der Waals surface area contributed by atoms with E-state index in [1.165, 1.54) is 29.2 Å². The minimum absolute atomic E-state index is 0.319. The molecular formula is C10H8FN5S2. The van der Waals surface area contributed by atoms with E-state index in [9.17, 15) is 4.39 Å². The predicted molar refractivity (Wildman–Crippen MR) is 69.9 cm³/mol. The number of H-pyrrole nitrogens is 1. The van der Waals surface area contributed by atoms with Gasteiger partial charge in [0.1, 0.15) is 11.3 Å². The Morgan fingerprint density at radius 2 is 2.28 bits per heavy atom. The number of para-hydroxylation sites is 1. The Balaban J connectivity index is 1.81. The summed E-state index contributed by atoms with van der Waals surface area (Å²) in [6.07, 6.45) is 0. The van der Waals surface area contributed by atoms with Crippen LogP contribution in [0, 0.1) is 5.82 Å². The molecule has 0 fully saturated rings. The van der Waals surface area contributed by atoms with Crippen LogP contribution in [-0.4, -0.2) is 20.2 Å². The summed E-state index contributed by atoms with van der Waals surface area (Å²) in [6.45, 7) is 0. The van der Waals surface area contributed by atoms with Crippen molar-refractivity contribution in [3.63, 3.8) is 0 Å². The highest BCUT2D eigenvalue weighted by molar-refractivity contribution is 8.00. The van der Waals surface area contributed by atoms with Crippen LogP contribution in [0.5, 0.6) is 0 Å². The summed E-state index contributed by atoms with van der Waals surface area (Å²) in [4.78, 5) is 7.27. The molecule has 0 amide bonds. The molecule has 0 aliphatic rings. The number of rotatable bonds is 3. The zero-order chi connectivity index (χ0) is 12.5. The summed E-state index contributed by atoms with van der Waals surface area (Å²) >= 11 is 2.78. The van der Waals surface area contributed by atoms with Crippen LogP contribution in [-0.2, 0) is 5.75 Å². The summed E-state index contributed by atoms with van der Waals surface area (Å²) in [5, 5.41) is 8.05.